The largest absolute Gasteiger partial charge is 0.369 e. The minimum Gasteiger partial charge on any atom is -0.369 e. The van der Waals surface area contributed by atoms with Crippen molar-refractivity contribution in [3.8, 4) is 0 Å². The highest BCUT2D eigenvalue weighted by Crippen LogP contribution is 2.23. The van der Waals surface area contributed by atoms with Gasteiger partial charge in [-0.1, -0.05) is 24.6 Å². The van der Waals surface area contributed by atoms with Gasteiger partial charge in [-0.3, -0.25) is 14.7 Å². The highest BCUT2D eigenvalue weighted by atomic mass is 35.5. The monoisotopic (exact) mass is 434 g/mol. The van der Waals surface area contributed by atoms with Crippen molar-refractivity contribution in [3.05, 3.63) is 29.3 Å². The van der Waals surface area contributed by atoms with Gasteiger partial charge >= 0.3 is 6.03 Å². The number of urea groups is 1. The van der Waals surface area contributed by atoms with E-state index in [4.69, 9.17) is 11.6 Å². The summed E-state index contributed by atoms with van der Waals surface area (Å²) >= 11 is 6.11. The van der Waals surface area contributed by atoms with Crippen molar-refractivity contribution < 1.29 is 9.59 Å². The van der Waals surface area contributed by atoms with Crippen molar-refractivity contribution in [2.45, 2.75) is 44.7 Å². The number of rotatable bonds is 7. The van der Waals surface area contributed by atoms with Crippen LogP contribution in [0.25, 0.3) is 0 Å². The van der Waals surface area contributed by atoms with Crippen molar-refractivity contribution in [2.75, 3.05) is 38.1 Å². The predicted octanol–water partition coefficient (Wildman–Crippen LogP) is 2.19. The number of carbonyl (C=O) groups excluding carboxylic acids is 2. The predicted molar refractivity (Wildman–Crippen MR) is 120 cm³/mol. The minimum atomic E-state index is -0.778. The first-order chi connectivity index (χ1) is 14.4. The molecule has 1 aromatic rings. The number of carbonyl (C=O) groups is 2. The molecule has 30 heavy (non-hydrogen) atoms. The van der Waals surface area contributed by atoms with Crippen LogP contribution in [0.1, 0.15) is 33.1 Å². The van der Waals surface area contributed by atoms with E-state index < -0.39 is 5.54 Å². The molecule has 0 radical (unpaired) electrons. The summed E-state index contributed by atoms with van der Waals surface area (Å²) in [4.78, 5) is 32.4. The number of nitrogens with one attached hydrogen (secondary N) is 3. The van der Waals surface area contributed by atoms with Gasteiger partial charge in [-0.15, -0.1) is 0 Å². The zero-order valence-electron chi connectivity index (χ0n) is 17.9. The standard InChI is InChI=1S/C21H31ClN6O2/c1-4-21(2)18(29)28(20(30)26-21)11-6-10-24-19(23-3)25-16-9-12-27(14-16)17-8-5-7-15(22)13-17/h5,7-8,13,16H,4,6,9-12,14H2,1-3H3,(H,26,30)(H2,23,24,25). The Labute approximate surface area is 183 Å². The molecule has 3 rings (SSSR count). The number of guanidine groups is 1. The van der Waals surface area contributed by atoms with Crippen LogP contribution in [0, 0.1) is 0 Å². The van der Waals surface area contributed by atoms with Gasteiger partial charge in [0.05, 0.1) is 0 Å². The molecule has 2 fully saturated rings. The Bertz CT molecular complexity index is 816. The van der Waals surface area contributed by atoms with Crippen LogP contribution < -0.4 is 20.9 Å². The smallest absolute Gasteiger partial charge is 0.325 e. The summed E-state index contributed by atoms with van der Waals surface area (Å²) in [5, 5.41) is 10.3. The molecule has 2 aliphatic heterocycles. The zero-order valence-corrected chi connectivity index (χ0v) is 18.6. The summed E-state index contributed by atoms with van der Waals surface area (Å²) in [5.74, 6) is 0.577. The van der Waals surface area contributed by atoms with Gasteiger partial charge in [-0.05, 0) is 44.4 Å². The number of halogens is 1. The molecule has 0 spiro atoms. The van der Waals surface area contributed by atoms with E-state index in [2.05, 4.69) is 31.9 Å². The van der Waals surface area contributed by atoms with Gasteiger partial charge in [0.15, 0.2) is 5.96 Å². The Balaban J connectivity index is 1.42. The molecule has 2 atom stereocenters. The van der Waals surface area contributed by atoms with Crippen LogP contribution in [0.5, 0.6) is 0 Å². The summed E-state index contributed by atoms with van der Waals surface area (Å²) in [5.41, 5.74) is 0.349. The molecule has 0 aliphatic carbocycles. The van der Waals surface area contributed by atoms with Gasteiger partial charge in [-0.2, -0.15) is 0 Å². The fourth-order valence-corrected chi connectivity index (χ4v) is 3.99. The fourth-order valence-electron chi connectivity index (χ4n) is 3.81. The molecule has 2 unspecified atom stereocenters. The lowest BCUT2D eigenvalue weighted by Gasteiger charge is -2.21. The van der Waals surface area contributed by atoms with Crippen LogP contribution in [0.2, 0.25) is 5.02 Å². The summed E-state index contributed by atoms with van der Waals surface area (Å²) < 4.78 is 0. The SMILES string of the molecule is CCC1(C)NC(=O)N(CCCNC(=NC)NC2CCN(c3cccc(Cl)c3)C2)C1=O. The van der Waals surface area contributed by atoms with Crippen molar-refractivity contribution >= 4 is 35.2 Å². The maximum Gasteiger partial charge on any atom is 0.325 e. The Morgan fingerprint density at radius 2 is 2.20 bits per heavy atom. The van der Waals surface area contributed by atoms with E-state index in [-0.39, 0.29) is 18.0 Å². The molecule has 0 saturated carbocycles. The van der Waals surface area contributed by atoms with E-state index in [9.17, 15) is 9.59 Å². The first kappa shape index (κ1) is 22.2. The highest BCUT2D eigenvalue weighted by molar-refractivity contribution is 6.30. The lowest BCUT2D eigenvalue weighted by molar-refractivity contribution is -0.130. The first-order valence-electron chi connectivity index (χ1n) is 10.5. The summed E-state index contributed by atoms with van der Waals surface area (Å²) in [7, 11) is 1.74. The van der Waals surface area contributed by atoms with E-state index in [0.29, 0.717) is 25.9 Å². The zero-order chi connectivity index (χ0) is 21.7. The van der Waals surface area contributed by atoms with Crippen LogP contribution >= 0.6 is 11.6 Å². The molecule has 9 heteroatoms. The lowest BCUT2D eigenvalue weighted by atomic mass is 9.99. The molecule has 2 aliphatic rings. The molecule has 0 aromatic heterocycles. The average Bonchev–Trinajstić information content (AvgIpc) is 3.28. The fraction of sp³-hybridized carbons (Fsp3) is 0.571. The van der Waals surface area contributed by atoms with Crippen LogP contribution in [0.3, 0.4) is 0 Å². The molecule has 1 aromatic carbocycles. The lowest BCUT2D eigenvalue weighted by Crippen LogP contribution is -2.45. The number of nitrogens with zero attached hydrogens (tertiary/aromatic N) is 3. The molecule has 2 heterocycles. The van der Waals surface area contributed by atoms with Crippen LogP contribution in [0.4, 0.5) is 10.5 Å². The quantitative estimate of drug-likeness (QED) is 0.265. The molecule has 8 nitrogen and oxygen atoms in total. The topological polar surface area (TPSA) is 89.1 Å². The first-order valence-corrected chi connectivity index (χ1v) is 10.9. The molecule has 3 amide bonds. The van der Waals surface area contributed by atoms with E-state index >= 15 is 0 Å². The molecule has 164 valence electrons. The maximum atomic E-state index is 12.4. The van der Waals surface area contributed by atoms with Crippen LogP contribution in [-0.2, 0) is 4.79 Å². The maximum absolute atomic E-state index is 12.4. The second kappa shape index (κ2) is 9.55. The van der Waals surface area contributed by atoms with E-state index in [1.807, 2.05) is 25.1 Å². The normalized spacial score (nSPS) is 24.4. The van der Waals surface area contributed by atoms with Gasteiger partial charge in [0.25, 0.3) is 5.91 Å². The van der Waals surface area contributed by atoms with Crippen LogP contribution in [-0.4, -0.2) is 67.6 Å². The van der Waals surface area contributed by atoms with Gasteiger partial charge in [0.2, 0.25) is 0 Å². The Morgan fingerprint density at radius 3 is 2.87 bits per heavy atom. The summed E-state index contributed by atoms with van der Waals surface area (Å²) in [6.45, 7) is 6.50. The number of imide groups is 1. The van der Waals surface area contributed by atoms with Crippen LogP contribution in [0.15, 0.2) is 29.3 Å². The average molecular weight is 435 g/mol. The number of hydrogen-bond acceptors (Lipinski definition) is 4. The molecule has 2 saturated heterocycles. The number of amides is 3. The van der Waals surface area contributed by atoms with Gasteiger partial charge in [0.1, 0.15) is 5.54 Å². The molecular weight excluding hydrogens is 404 g/mol. The van der Waals surface area contributed by atoms with Gasteiger partial charge in [-0.25, -0.2) is 4.79 Å². The van der Waals surface area contributed by atoms with E-state index in [1.54, 1.807) is 14.0 Å². The second-order valence-electron chi connectivity index (χ2n) is 7.98. The summed E-state index contributed by atoms with van der Waals surface area (Å²) in [6, 6.07) is 7.87. The number of hydrogen-bond donors (Lipinski definition) is 3. The number of anilines is 1. The van der Waals surface area contributed by atoms with Crippen molar-refractivity contribution in [2.24, 2.45) is 4.99 Å². The third-order valence-electron chi connectivity index (χ3n) is 5.83. The molecular formula is C21H31ClN6O2. The number of benzene rings is 1. The van der Waals surface area contributed by atoms with Crippen molar-refractivity contribution in [3.63, 3.8) is 0 Å². The number of aliphatic imine (C=N–C) groups is 1. The van der Waals surface area contributed by atoms with E-state index in [0.717, 1.165) is 36.2 Å². The van der Waals surface area contributed by atoms with Crippen molar-refractivity contribution in [1.82, 2.24) is 20.9 Å². The molecule has 3 N–H and O–H groups in total. The van der Waals surface area contributed by atoms with Gasteiger partial charge in [0, 0.05) is 50.0 Å². The Morgan fingerprint density at radius 1 is 1.40 bits per heavy atom. The second-order valence-corrected chi connectivity index (χ2v) is 8.42. The third kappa shape index (κ3) is 4.98. The highest BCUT2D eigenvalue weighted by Gasteiger charge is 2.45. The van der Waals surface area contributed by atoms with Crippen molar-refractivity contribution in [1.29, 1.82) is 0 Å². The Hall–Kier alpha value is -2.48. The van der Waals surface area contributed by atoms with Gasteiger partial charge < -0.3 is 20.9 Å². The third-order valence-corrected chi connectivity index (χ3v) is 6.06. The minimum absolute atomic E-state index is 0.149. The summed E-state index contributed by atoms with van der Waals surface area (Å²) in [6.07, 6.45) is 2.24. The Kier molecular flexibility index (Phi) is 7.07. The molecule has 0 bridgehead atoms. The van der Waals surface area contributed by atoms with E-state index in [1.165, 1.54) is 4.90 Å².